The molecule has 2 aromatic rings. The van der Waals surface area contributed by atoms with E-state index < -0.39 is 0 Å². The molecule has 0 aliphatic heterocycles. The molecule has 0 radical (unpaired) electrons. The molecule has 4 heteroatoms. The third-order valence-electron chi connectivity index (χ3n) is 2.79. The third kappa shape index (κ3) is 3.34. The molecule has 96 valence electrons. The van der Waals surface area contributed by atoms with E-state index in [1.54, 1.807) is 6.20 Å². The SMILES string of the molecule is CC(N)c1ccccc1OCCCn1ccnc1. The van der Waals surface area contributed by atoms with Gasteiger partial charge in [-0.1, -0.05) is 18.2 Å². The molecule has 0 saturated carbocycles. The van der Waals surface area contributed by atoms with Crippen molar-refractivity contribution in [2.45, 2.75) is 25.9 Å². The fraction of sp³-hybridized carbons (Fsp3) is 0.357. The Kier molecular flexibility index (Phi) is 4.36. The van der Waals surface area contributed by atoms with Gasteiger partial charge in [0.05, 0.1) is 12.9 Å². The maximum atomic E-state index is 5.90. The van der Waals surface area contributed by atoms with Gasteiger partial charge < -0.3 is 15.0 Å². The first-order chi connectivity index (χ1) is 8.77. The highest BCUT2D eigenvalue weighted by Crippen LogP contribution is 2.23. The summed E-state index contributed by atoms with van der Waals surface area (Å²) in [6.07, 6.45) is 6.50. The zero-order chi connectivity index (χ0) is 12.8. The summed E-state index contributed by atoms with van der Waals surface area (Å²) in [4.78, 5) is 4.00. The van der Waals surface area contributed by atoms with E-state index in [1.165, 1.54) is 0 Å². The summed E-state index contributed by atoms with van der Waals surface area (Å²) >= 11 is 0. The van der Waals surface area contributed by atoms with Gasteiger partial charge in [-0.15, -0.1) is 0 Å². The molecule has 1 aromatic carbocycles. The number of benzene rings is 1. The number of aromatic nitrogens is 2. The summed E-state index contributed by atoms with van der Waals surface area (Å²) in [5.41, 5.74) is 6.96. The van der Waals surface area contributed by atoms with Gasteiger partial charge in [-0.05, 0) is 19.4 Å². The molecule has 1 unspecified atom stereocenters. The molecular weight excluding hydrogens is 226 g/mol. The Bertz CT molecular complexity index is 466. The van der Waals surface area contributed by atoms with Gasteiger partial charge in [-0.2, -0.15) is 0 Å². The highest BCUT2D eigenvalue weighted by molar-refractivity contribution is 5.35. The van der Waals surface area contributed by atoms with Crippen LogP contribution < -0.4 is 10.5 Å². The third-order valence-corrected chi connectivity index (χ3v) is 2.79. The van der Waals surface area contributed by atoms with E-state index in [2.05, 4.69) is 4.98 Å². The van der Waals surface area contributed by atoms with Crippen LogP contribution in [0.3, 0.4) is 0 Å². The average Bonchev–Trinajstić information content (AvgIpc) is 2.88. The lowest BCUT2D eigenvalue weighted by molar-refractivity contribution is 0.297. The summed E-state index contributed by atoms with van der Waals surface area (Å²) in [5.74, 6) is 0.887. The highest BCUT2D eigenvalue weighted by atomic mass is 16.5. The Hall–Kier alpha value is -1.81. The largest absolute Gasteiger partial charge is 0.493 e. The average molecular weight is 245 g/mol. The summed E-state index contributed by atoms with van der Waals surface area (Å²) < 4.78 is 7.83. The molecule has 0 spiro atoms. The van der Waals surface area contributed by atoms with Gasteiger partial charge in [-0.3, -0.25) is 0 Å². The van der Waals surface area contributed by atoms with Crippen LogP contribution in [-0.2, 0) is 6.54 Å². The van der Waals surface area contributed by atoms with Crippen molar-refractivity contribution in [2.75, 3.05) is 6.61 Å². The maximum absolute atomic E-state index is 5.90. The molecule has 2 N–H and O–H groups in total. The predicted molar refractivity (Wildman–Crippen MR) is 71.4 cm³/mol. The number of nitrogens with two attached hydrogens (primary N) is 1. The van der Waals surface area contributed by atoms with E-state index in [9.17, 15) is 0 Å². The van der Waals surface area contributed by atoms with E-state index in [0.717, 1.165) is 24.3 Å². The first-order valence-electron chi connectivity index (χ1n) is 6.20. The van der Waals surface area contributed by atoms with Crippen molar-refractivity contribution in [2.24, 2.45) is 5.73 Å². The van der Waals surface area contributed by atoms with Crippen molar-refractivity contribution >= 4 is 0 Å². The molecule has 0 amide bonds. The van der Waals surface area contributed by atoms with Crippen LogP contribution in [0, 0.1) is 0 Å². The number of nitrogens with zero attached hydrogens (tertiary/aromatic N) is 2. The van der Waals surface area contributed by atoms with Gasteiger partial charge in [-0.25, -0.2) is 4.98 Å². The van der Waals surface area contributed by atoms with Crippen LogP contribution in [0.25, 0.3) is 0 Å². The van der Waals surface area contributed by atoms with E-state index >= 15 is 0 Å². The van der Waals surface area contributed by atoms with Gasteiger partial charge in [0.2, 0.25) is 0 Å². The topological polar surface area (TPSA) is 53.1 Å². The summed E-state index contributed by atoms with van der Waals surface area (Å²) in [6, 6.07) is 7.93. The van der Waals surface area contributed by atoms with Crippen molar-refractivity contribution in [3.63, 3.8) is 0 Å². The van der Waals surface area contributed by atoms with Gasteiger partial charge in [0.1, 0.15) is 5.75 Å². The normalized spacial score (nSPS) is 12.3. The number of ether oxygens (including phenoxy) is 1. The van der Waals surface area contributed by atoms with Crippen LogP contribution in [-0.4, -0.2) is 16.2 Å². The monoisotopic (exact) mass is 245 g/mol. The van der Waals surface area contributed by atoms with Gasteiger partial charge in [0.25, 0.3) is 0 Å². The quantitative estimate of drug-likeness (QED) is 0.795. The summed E-state index contributed by atoms with van der Waals surface area (Å²) in [6.45, 7) is 3.57. The zero-order valence-corrected chi connectivity index (χ0v) is 10.6. The molecule has 18 heavy (non-hydrogen) atoms. The number of aryl methyl sites for hydroxylation is 1. The first kappa shape index (κ1) is 12.6. The molecule has 0 saturated heterocycles. The van der Waals surface area contributed by atoms with Gasteiger partial charge in [0, 0.05) is 30.5 Å². The molecule has 1 aromatic heterocycles. The fourth-order valence-corrected chi connectivity index (χ4v) is 1.84. The van der Waals surface area contributed by atoms with Crippen molar-refractivity contribution in [3.8, 4) is 5.75 Å². The lowest BCUT2D eigenvalue weighted by Crippen LogP contribution is -2.09. The maximum Gasteiger partial charge on any atom is 0.124 e. The van der Waals surface area contributed by atoms with Crippen LogP contribution in [0.4, 0.5) is 0 Å². The summed E-state index contributed by atoms with van der Waals surface area (Å²) in [5, 5.41) is 0. The summed E-state index contributed by atoms with van der Waals surface area (Å²) in [7, 11) is 0. The van der Waals surface area contributed by atoms with Crippen molar-refractivity contribution in [1.82, 2.24) is 9.55 Å². The number of para-hydroxylation sites is 1. The second kappa shape index (κ2) is 6.21. The van der Waals surface area contributed by atoms with Crippen molar-refractivity contribution in [3.05, 3.63) is 48.5 Å². The van der Waals surface area contributed by atoms with Crippen LogP contribution in [0.2, 0.25) is 0 Å². The van der Waals surface area contributed by atoms with Crippen LogP contribution >= 0.6 is 0 Å². The van der Waals surface area contributed by atoms with Gasteiger partial charge in [0.15, 0.2) is 0 Å². The second-order valence-corrected chi connectivity index (χ2v) is 4.33. The minimum Gasteiger partial charge on any atom is -0.493 e. The van der Waals surface area contributed by atoms with Crippen LogP contribution in [0.1, 0.15) is 24.9 Å². The molecule has 0 bridgehead atoms. The zero-order valence-electron chi connectivity index (χ0n) is 10.6. The number of hydrogen-bond donors (Lipinski definition) is 1. The molecule has 1 atom stereocenters. The molecule has 0 aliphatic carbocycles. The minimum atomic E-state index is -0.00477. The number of rotatable bonds is 6. The Morgan fingerprint density at radius 3 is 2.94 bits per heavy atom. The number of imidazole rings is 1. The Morgan fingerprint density at radius 2 is 2.22 bits per heavy atom. The predicted octanol–water partition coefficient (Wildman–Crippen LogP) is 2.37. The fourth-order valence-electron chi connectivity index (χ4n) is 1.84. The highest BCUT2D eigenvalue weighted by Gasteiger charge is 2.06. The molecular formula is C14H19N3O. The Labute approximate surface area is 107 Å². The molecule has 0 fully saturated rings. The van der Waals surface area contributed by atoms with Gasteiger partial charge >= 0.3 is 0 Å². The Morgan fingerprint density at radius 1 is 1.39 bits per heavy atom. The molecule has 4 nitrogen and oxygen atoms in total. The Balaban J connectivity index is 1.83. The number of hydrogen-bond acceptors (Lipinski definition) is 3. The van der Waals surface area contributed by atoms with Crippen LogP contribution in [0.15, 0.2) is 43.0 Å². The van der Waals surface area contributed by atoms with E-state index in [0.29, 0.717) is 6.61 Å². The lowest BCUT2D eigenvalue weighted by atomic mass is 10.1. The lowest BCUT2D eigenvalue weighted by Gasteiger charge is -2.13. The van der Waals surface area contributed by atoms with Crippen molar-refractivity contribution < 1.29 is 4.74 Å². The standard InChI is InChI=1S/C14H19N3O/c1-12(15)13-5-2-3-6-14(13)18-10-4-8-17-9-7-16-11-17/h2-3,5-7,9,11-12H,4,8,10,15H2,1H3. The van der Waals surface area contributed by atoms with Crippen molar-refractivity contribution in [1.29, 1.82) is 0 Å². The van der Waals surface area contributed by atoms with E-state index in [-0.39, 0.29) is 6.04 Å². The minimum absolute atomic E-state index is 0.00477. The second-order valence-electron chi connectivity index (χ2n) is 4.33. The first-order valence-corrected chi connectivity index (χ1v) is 6.20. The van der Waals surface area contributed by atoms with E-state index in [1.807, 2.05) is 48.3 Å². The molecule has 2 rings (SSSR count). The smallest absolute Gasteiger partial charge is 0.124 e. The molecule has 1 heterocycles. The van der Waals surface area contributed by atoms with Crippen LogP contribution in [0.5, 0.6) is 5.75 Å². The molecule has 0 aliphatic rings. The van der Waals surface area contributed by atoms with E-state index in [4.69, 9.17) is 10.5 Å².